The fourth-order valence-electron chi connectivity index (χ4n) is 1.33. The lowest BCUT2D eigenvalue weighted by molar-refractivity contribution is 0.0661. The third-order valence-electron chi connectivity index (χ3n) is 2.31. The Kier molecular flexibility index (Phi) is 4.73. The van der Waals surface area contributed by atoms with Crippen LogP contribution in [0.25, 0.3) is 0 Å². The van der Waals surface area contributed by atoms with Crippen molar-refractivity contribution in [3.8, 4) is 6.07 Å². The highest BCUT2D eigenvalue weighted by Crippen LogP contribution is 2.28. The van der Waals surface area contributed by atoms with E-state index < -0.39 is 27.7 Å². The Hall–Kier alpha value is -1.37. The first-order chi connectivity index (χ1) is 8.70. The molecule has 0 fully saturated rings. The van der Waals surface area contributed by atoms with E-state index in [-0.39, 0.29) is 16.1 Å². The predicted molar refractivity (Wildman–Crippen MR) is 68.0 cm³/mol. The zero-order valence-corrected chi connectivity index (χ0v) is 12.5. The monoisotopic (exact) mass is 350 g/mol. The van der Waals surface area contributed by atoms with Gasteiger partial charge < -0.3 is 9.52 Å². The fraction of sp³-hybridized carbons (Fsp3) is 0.400. The van der Waals surface area contributed by atoms with E-state index in [9.17, 15) is 13.2 Å². The quantitative estimate of drug-likeness (QED) is 0.861. The maximum absolute atomic E-state index is 12.2. The Morgan fingerprint density at radius 3 is 2.68 bits per heavy atom. The van der Waals surface area contributed by atoms with E-state index in [0.717, 1.165) is 10.4 Å². The summed E-state index contributed by atoms with van der Waals surface area (Å²) in [4.78, 5) is 10.4. The van der Waals surface area contributed by atoms with Gasteiger partial charge in [0.05, 0.1) is 12.0 Å². The lowest BCUT2D eigenvalue weighted by atomic mass is 10.2. The van der Waals surface area contributed by atoms with Crippen LogP contribution in [0.5, 0.6) is 0 Å². The van der Waals surface area contributed by atoms with Gasteiger partial charge in [-0.2, -0.15) is 9.57 Å². The molecule has 1 aromatic heterocycles. The summed E-state index contributed by atoms with van der Waals surface area (Å²) in [5.74, 6) is -2.33. The van der Waals surface area contributed by atoms with Crippen LogP contribution >= 0.6 is 15.9 Å². The van der Waals surface area contributed by atoms with Crippen molar-refractivity contribution in [1.82, 2.24) is 4.31 Å². The van der Waals surface area contributed by atoms with E-state index in [2.05, 4.69) is 15.9 Å². The van der Waals surface area contributed by atoms with Crippen molar-refractivity contribution in [2.45, 2.75) is 11.8 Å². The lowest BCUT2D eigenvalue weighted by Crippen LogP contribution is -2.30. The molecular formula is C10H11BrN2O5S. The highest BCUT2D eigenvalue weighted by molar-refractivity contribution is 9.10. The zero-order chi connectivity index (χ0) is 14.8. The highest BCUT2D eigenvalue weighted by Gasteiger charge is 2.29. The number of carboxylic acids is 1. The third-order valence-corrected chi connectivity index (χ3v) is 4.99. The van der Waals surface area contributed by atoms with Gasteiger partial charge in [0.25, 0.3) is 0 Å². The number of sulfonamides is 1. The summed E-state index contributed by atoms with van der Waals surface area (Å²) in [5, 5.41) is 17.4. The van der Waals surface area contributed by atoms with E-state index >= 15 is 0 Å². The molecule has 0 saturated heterocycles. The summed E-state index contributed by atoms with van der Waals surface area (Å²) in [6, 6.07) is 2.85. The van der Waals surface area contributed by atoms with Crippen LogP contribution < -0.4 is 0 Å². The SMILES string of the molecule is CC(C#N)CN(C)S(=O)(=O)c1cc(C(=O)O)oc1Br. The lowest BCUT2D eigenvalue weighted by Gasteiger charge is -2.17. The van der Waals surface area contributed by atoms with Crippen LogP contribution in [-0.2, 0) is 10.0 Å². The second-order valence-electron chi connectivity index (χ2n) is 3.87. The van der Waals surface area contributed by atoms with Crippen LogP contribution in [0.4, 0.5) is 0 Å². The molecule has 7 nitrogen and oxygen atoms in total. The number of furan rings is 1. The summed E-state index contributed by atoms with van der Waals surface area (Å²) in [6.07, 6.45) is 0. The van der Waals surface area contributed by atoms with Gasteiger partial charge in [-0.15, -0.1) is 0 Å². The van der Waals surface area contributed by atoms with Gasteiger partial charge in [0.1, 0.15) is 4.90 Å². The molecule has 104 valence electrons. The first kappa shape index (κ1) is 15.7. The number of halogens is 1. The molecule has 1 rings (SSSR count). The van der Waals surface area contributed by atoms with Gasteiger partial charge in [-0.3, -0.25) is 0 Å². The van der Waals surface area contributed by atoms with Crippen LogP contribution in [0.15, 0.2) is 20.0 Å². The molecule has 0 spiro atoms. The molecular weight excluding hydrogens is 340 g/mol. The first-order valence-corrected chi connectivity index (χ1v) is 7.32. The molecule has 0 aromatic carbocycles. The highest BCUT2D eigenvalue weighted by atomic mass is 79.9. The minimum absolute atomic E-state index is 0.00113. The van der Waals surface area contributed by atoms with Gasteiger partial charge in [-0.1, -0.05) is 0 Å². The molecule has 1 aromatic rings. The smallest absolute Gasteiger partial charge is 0.371 e. The van der Waals surface area contributed by atoms with Crippen LogP contribution in [0, 0.1) is 17.2 Å². The largest absolute Gasteiger partial charge is 0.475 e. The summed E-state index contributed by atoms with van der Waals surface area (Å²) in [5.41, 5.74) is 0. The summed E-state index contributed by atoms with van der Waals surface area (Å²) in [7, 11) is -2.60. The molecule has 0 amide bonds. The second-order valence-corrected chi connectivity index (χ2v) is 6.60. The Balaban J connectivity index is 3.14. The molecule has 9 heteroatoms. The number of hydrogen-bond acceptors (Lipinski definition) is 5. The number of nitrogens with zero attached hydrogens (tertiary/aromatic N) is 2. The first-order valence-electron chi connectivity index (χ1n) is 5.08. The Bertz CT molecular complexity index is 631. The van der Waals surface area contributed by atoms with E-state index in [1.807, 2.05) is 6.07 Å². The average Bonchev–Trinajstić information content (AvgIpc) is 2.71. The van der Waals surface area contributed by atoms with Gasteiger partial charge in [0.15, 0.2) is 4.67 Å². The molecule has 0 aliphatic rings. The Morgan fingerprint density at radius 2 is 2.26 bits per heavy atom. The summed E-state index contributed by atoms with van der Waals surface area (Å²) < 4.78 is 29.9. The zero-order valence-electron chi connectivity index (χ0n) is 10.1. The Morgan fingerprint density at radius 1 is 1.68 bits per heavy atom. The number of carbonyl (C=O) groups is 1. The molecule has 1 atom stereocenters. The van der Waals surface area contributed by atoms with Crippen molar-refractivity contribution in [2.75, 3.05) is 13.6 Å². The number of hydrogen-bond donors (Lipinski definition) is 1. The van der Waals surface area contributed by atoms with Crippen LogP contribution in [0.3, 0.4) is 0 Å². The number of aromatic carboxylic acids is 1. The van der Waals surface area contributed by atoms with E-state index in [0.29, 0.717) is 0 Å². The van der Waals surface area contributed by atoms with Crippen molar-refractivity contribution in [1.29, 1.82) is 5.26 Å². The molecule has 0 bridgehead atoms. The Labute approximate surface area is 118 Å². The molecule has 0 aliphatic heterocycles. The van der Waals surface area contributed by atoms with Gasteiger partial charge in [0.2, 0.25) is 15.8 Å². The van der Waals surface area contributed by atoms with E-state index in [4.69, 9.17) is 14.8 Å². The molecule has 1 heterocycles. The minimum atomic E-state index is -3.91. The van der Waals surface area contributed by atoms with Crippen molar-refractivity contribution >= 4 is 31.9 Å². The molecule has 0 saturated carbocycles. The second kappa shape index (κ2) is 5.73. The van der Waals surface area contributed by atoms with Crippen molar-refractivity contribution in [3.05, 3.63) is 16.5 Å². The number of rotatable bonds is 5. The molecule has 0 radical (unpaired) electrons. The number of carboxylic acid groups (broad SMARTS) is 1. The number of nitriles is 1. The van der Waals surface area contributed by atoms with Crippen molar-refractivity contribution in [2.24, 2.45) is 5.92 Å². The molecule has 19 heavy (non-hydrogen) atoms. The third kappa shape index (κ3) is 3.34. The summed E-state index contributed by atoms with van der Waals surface area (Å²) in [6.45, 7) is 1.58. The van der Waals surface area contributed by atoms with Gasteiger partial charge in [0, 0.05) is 19.7 Å². The maximum Gasteiger partial charge on any atom is 0.371 e. The topological polar surface area (TPSA) is 112 Å². The van der Waals surface area contributed by atoms with Gasteiger partial charge >= 0.3 is 5.97 Å². The summed E-state index contributed by atoms with van der Waals surface area (Å²) >= 11 is 2.87. The van der Waals surface area contributed by atoms with Gasteiger partial charge in [-0.05, 0) is 22.9 Å². The normalized spacial score (nSPS) is 13.2. The molecule has 1 N–H and O–H groups in total. The van der Waals surface area contributed by atoms with Crippen LogP contribution in [0.1, 0.15) is 17.5 Å². The maximum atomic E-state index is 12.2. The molecule has 0 aliphatic carbocycles. The van der Waals surface area contributed by atoms with Crippen molar-refractivity contribution in [3.63, 3.8) is 0 Å². The predicted octanol–water partition coefficient (Wildman–Crippen LogP) is 1.52. The molecule has 1 unspecified atom stereocenters. The minimum Gasteiger partial charge on any atom is -0.475 e. The van der Waals surface area contributed by atoms with Gasteiger partial charge in [-0.25, -0.2) is 13.2 Å². The standard InChI is InChI=1S/C10H11BrN2O5S/c1-6(4-12)5-13(2)19(16,17)8-3-7(10(14)15)18-9(8)11/h3,6H,5H2,1-2H3,(H,14,15). The van der Waals surface area contributed by atoms with E-state index in [1.54, 1.807) is 6.92 Å². The van der Waals surface area contributed by atoms with Crippen LogP contribution in [0.2, 0.25) is 0 Å². The average molecular weight is 351 g/mol. The fourth-order valence-corrected chi connectivity index (χ4v) is 3.48. The van der Waals surface area contributed by atoms with E-state index in [1.165, 1.54) is 7.05 Å². The van der Waals surface area contributed by atoms with Crippen LogP contribution in [-0.4, -0.2) is 37.4 Å². The van der Waals surface area contributed by atoms with Crippen molar-refractivity contribution < 1.29 is 22.7 Å².